The van der Waals surface area contributed by atoms with Crippen molar-refractivity contribution in [2.75, 3.05) is 13.7 Å². The first-order valence-corrected chi connectivity index (χ1v) is 9.29. The predicted molar refractivity (Wildman–Crippen MR) is 104 cm³/mol. The highest BCUT2D eigenvalue weighted by Gasteiger charge is 2.16. The van der Waals surface area contributed by atoms with E-state index in [4.69, 9.17) is 0 Å². The molecule has 0 aliphatic rings. The fourth-order valence-corrected chi connectivity index (χ4v) is 2.83. The van der Waals surface area contributed by atoms with Crippen LogP contribution in [0.15, 0.2) is 29.1 Å². The molecule has 0 saturated carbocycles. The number of aromatic nitrogens is 2. The highest BCUT2D eigenvalue weighted by atomic mass is 16.5. The van der Waals surface area contributed by atoms with Gasteiger partial charge >= 0.3 is 5.97 Å². The molecule has 0 bridgehead atoms. The molecule has 2 aromatic rings. The molecule has 1 heterocycles. The molecule has 0 radical (unpaired) electrons. The molecule has 0 fully saturated rings. The number of rotatable bonds is 9. The van der Waals surface area contributed by atoms with Gasteiger partial charge in [-0.25, -0.2) is 4.68 Å². The number of benzene rings is 1. The van der Waals surface area contributed by atoms with Gasteiger partial charge in [0.25, 0.3) is 11.5 Å². The van der Waals surface area contributed by atoms with Gasteiger partial charge < -0.3 is 10.1 Å². The van der Waals surface area contributed by atoms with Gasteiger partial charge in [0.2, 0.25) is 0 Å². The van der Waals surface area contributed by atoms with E-state index >= 15 is 0 Å². The van der Waals surface area contributed by atoms with Crippen molar-refractivity contribution >= 4 is 22.6 Å². The zero-order chi connectivity index (χ0) is 19.8. The van der Waals surface area contributed by atoms with E-state index in [2.05, 4.69) is 15.2 Å². The highest BCUT2D eigenvalue weighted by molar-refractivity contribution is 6.04. The number of nitrogens with one attached hydrogen (secondary N) is 1. The maximum atomic E-state index is 12.6. The summed E-state index contributed by atoms with van der Waals surface area (Å²) >= 11 is 0. The van der Waals surface area contributed by atoms with Crippen LogP contribution in [0.1, 0.15) is 50.0 Å². The minimum absolute atomic E-state index is 0.182. The summed E-state index contributed by atoms with van der Waals surface area (Å²) in [6, 6.07) is 7.04. The second kappa shape index (κ2) is 9.85. The van der Waals surface area contributed by atoms with Gasteiger partial charge in [-0.1, -0.05) is 38.5 Å². The van der Waals surface area contributed by atoms with Crippen LogP contribution >= 0.6 is 0 Å². The van der Waals surface area contributed by atoms with Gasteiger partial charge in [0.05, 0.1) is 12.5 Å². The minimum atomic E-state index is -0.295. The number of nitrogens with zero attached hydrogens (tertiary/aromatic N) is 2. The van der Waals surface area contributed by atoms with Crippen LogP contribution in [-0.4, -0.2) is 35.3 Å². The molecule has 0 aliphatic heterocycles. The van der Waals surface area contributed by atoms with Crippen molar-refractivity contribution in [3.8, 4) is 0 Å². The van der Waals surface area contributed by atoms with Gasteiger partial charge in [-0.15, -0.1) is 0 Å². The van der Waals surface area contributed by atoms with Crippen LogP contribution in [0.5, 0.6) is 0 Å². The van der Waals surface area contributed by atoms with Crippen molar-refractivity contribution in [2.24, 2.45) is 5.92 Å². The van der Waals surface area contributed by atoms with Crippen LogP contribution < -0.4 is 10.9 Å². The first-order chi connectivity index (χ1) is 12.9. The van der Waals surface area contributed by atoms with Crippen molar-refractivity contribution in [1.82, 2.24) is 15.1 Å². The van der Waals surface area contributed by atoms with Crippen molar-refractivity contribution in [3.63, 3.8) is 0 Å². The Labute approximate surface area is 158 Å². The Kier molecular flexibility index (Phi) is 7.52. The molecule has 1 aromatic carbocycles. The third kappa shape index (κ3) is 5.64. The van der Waals surface area contributed by atoms with E-state index in [1.807, 2.05) is 13.8 Å². The molecule has 0 saturated heterocycles. The number of esters is 1. The Morgan fingerprint density at radius 2 is 1.85 bits per heavy atom. The first kappa shape index (κ1) is 20.6. The van der Waals surface area contributed by atoms with Crippen molar-refractivity contribution in [3.05, 3.63) is 40.3 Å². The third-order valence-corrected chi connectivity index (χ3v) is 4.19. The molecule has 0 spiro atoms. The van der Waals surface area contributed by atoms with Gasteiger partial charge in [0, 0.05) is 24.9 Å². The van der Waals surface area contributed by atoms with E-state index in [0.717, 1.165) is 19.3 Å². The number of hydrogen-bond donors (Lipinski definition) is 1. The standard InChI is InChI=1S/C20H27N3O4/c1-14(2)13-23-20(26)16-10-7-6-9-15(16)18(22-23)19(25)21-12-8-4-5-11-17(24)27-3/h6-7,9-10,14H,4-5,8,11-13H2,1-3H3,(H,21,25). The second-order valence-corrected chi connectivity index (χ2v) is 6.92. The fraction of sp³-hybridized carbons (Fsp3) is 0.500. The molecule has 0 atom stereocenters. The van der Waals surface area contributed by atoms with E-state index in [9.17, 15) is 14.4 Å². The lowest BCUT2D eigenvalue weighted by Gasteiger charge is -2.12. The topological polar surface area (TPSA) is 90.3 Å². The molecule has 7 heteroatoms. The summed E-state index contributed by atoms with van der Waals surface area (Å²) in [4.78, 5) is 36.3. The van der Waals surface area contributed by atoms with Crippen LogP contribution in [-0.2, 0) is 16.1 Å². The van der Waals surface area contributed by atoms with E-state index < -0.39 is 0 Å². The Balaban J connectivity index is 2.08. The van der Waals surface area contributed by atoms with Crippen molar-refractivity contribution < 1.29 is 14.3 Å². The maximum Gasteiger partial charge on any atom is 0.305 e. The van der Waals surface area contributed by atoms with E-state index in [0.29, 0.717) is 30.3 Å². The molecule has 2 rings (SSSR count). The summed E-state index contributed by atoms with van der Waals surface area (Å²) in [6.45, 7) is 4.94. The van der Waals surface area contributed by atoms with Gasteiger partial charge in [-0.2, -0.15) is 5.10 Å². The van der Waals surface area contributed by atoms with Crippen LogP contribution in [0.3, 0.4) is 0 Å². The molecule has 0 unspecified atom stereocenters. The van der Waals surface area contributed by atoms with Gasteiger partial charge in [0.1, 0.15) is 0 Å². The minimum Gasteiger partial charge on any atom is -0.469 e. The van der Waals surface area contributed by atoms with Crippen LogP contribution in [0.2, 0.25) is 0 Å². The van der Waals surface area contributed by atoms with E-state index in [1.54, 1.807) is 24.3 Å². The molecule has 146 valence electrons. The summed E-state index contributed by atoms with van der Waals surface area (Å²) in [5.41, 5.74) is 0.0825. The normalized spacial score (nSPS) is 11.0. The van der Waals surface area contributed by atoms with Crippen molar-refractivity contribution in [1.29, 1.82) is 0 Å². The van der Waals surface area contributed by atoms with Crippen LogP contribution in [0.4, 0.5) is 0 Å². The Morgan fingerprint density at radius 1 is 1.15 bits per heavy atom. The molecular weight excluding hydrogens is 346 g/mol. The summed E-state index contributed by atoms with van der Waals surface area (Å²) in [6.07, 6.45) is 2.68. The number of methoxy groups -OCH3 is 1. The molecule has 7 nitrogen and oxygen atoms in total. The summed E-state index contributed by atoms with van der Waals surface area (Å²) < 4.78 is 5.97. The number of hydrogen-bond acceptors (Lipinski definition) is 5. The zero-order valence-electron chi connectivity index (χ0n) is 16.2. The quantitative estimate of drug-likeness (QED) is 0.539. The second-order valence-electron chi connectivity index (χ2n) is 6.92. The fourth-order valence-electron chi connectivity index (χ4n) is 2.83. The highest BCUT2D eigenvalue weighted by Crippen LogP contribution is 2.14. The Bertz CT molecular complexity index is 858. The molecular formula is C20H27N3O4. The van der Waals surface area contributed by atoms with Gasteiger partial charge in [-0.05, 0) is 24.8 Å². The van der Waals surface area contributed by atoms with Gasteiger partial charge in [-0.3, -0.25) is 14.4 Å². The summed E-state index contributed by atoms with van der Waals surface area (Å²) in [5, 5.41) is 8.24. The lowest BCUT2D eigenvalue weighted by Crippen LogP contribution is -2.32. The number of unbranched alkanes of at least 4 members (excludes halogenated alkanes) is 2. The number of carbonyl (C=O) groups is 2. The SMILES string of the molecule is COC(=O)CCCCCNC(=O)c1nn(CC(C)C)c(=O)c2ccccc12. The van der Waals surface area contributed by atoms with Crippen LogP contribution in [0.25, 0.3) is 10.8 Å². The summed E-state index contributed by atoms with van der Waals surface area (Å²) in [5.74, 6) is -0.277. The van der Waals surface area contributed by atoms with Crippen molar-refractivity contribution in [2.45, 2.75) is 46.1 Å². The number of ether oxygens (including phenoxy) is 1. The molecule has 1 N–H and O–H groups in total. The lowest BCUT2D eigenvalue weighted by molar-refractivity contribution is -0.140. The predicted octanol–water partition coefficient (Wildman–Crippen LogP) is 2.52. The molecule has 1 amide bonds. The number of amides is 1. The zero-order valence-corrected chi connectivity index (χ0v) is 16.2. The molecule has 1 aromatic heterocycles. The van der Waals surface area contributed by atoms with Crippen LogP contribution in [0, 0.1) is 5.92 Å². The average molecular weight is 373 g/mol. The number of fused-ring (bicyclic) bond motifs is 1. The largest absolute Gasteiger partial charge is 0.469 e. The smallest absolute Gasteiger partial charge is 0.305 e. The van der Waals surface area contributed by atoms with E-state index in [1.165, 1.54) is 11.8 Å². The molecule has 27 heavy (non-hydrogen) atoms. The van der Waals surface area contributed by atoms with E-state index in [-0.39, 0.29) is 29.0 Å². The lowest BCUT2D eigenvalue weighted by atomic mass is 10.1. The van der Waals surface area contributed by atoms with Gasteiger partial charge in [0.15, 0.2) is 5.69 Å². The summed E-state index contributed by atoms with van der Waals surface area (Å²) in [7, 11) is 1.37. The Morgan fingerprint density at radius 3 is 2.52 bits per heavy atom. The first-order valence-electron chi connectivity index (χ1n) is 9.29. The number of carbonyl (C=O) groups excluding carboxylic acids is 2. The molecule has 0 aliphatic carbocycles. The Hall–Kier alpha value is -2.70. The third-order valence-electron chi connectivity index (χ3n) is 4.19. The maximum absolute atomic E-state index is 12.6. The average Bonchev–Trinajstić information content (AvgIpc) is 2.66. The monoisotopic (exact) mass is 373 g/mol.